The molecular weight excluding hydrogens is 256 g/mol. The molecule has 0 aliphatic carbocycles. The third kappa shape index (κ3) is 3.30. The van der Waals surface area contributed by atoms with Crippen LogP contribution in [0.15, 0.2) is 36.4 Å². The van der Waals surface area contributed by atoms with E-state index in [-0.39, 0.29) is 0 Å². The summed E-state index contributed by atoms with van der Waals surface area (Å²) in [5.41, 5.74) is 3.53. The summed E-state index contributed by atoms with van der Waals surface area (Å²) in [6, 6.07) is 11.2. The monoisotopic (exact) mass is 274 g/mol. The molecule has 0 spiro atoms. The fourth-order valence-electron chi connectivity index (χ4n) is 1.80. The first kappa shape index (κ1) is 14.0. The van der Waals surface area contributed by atoms with Crippen molar-refractivity contribution >= 4 is 11.6 Å². The summed E-state index contributed by atoms with van der Waals surface area (Å²) in [5.74, 6) is 8.20. The number of nitrogen functional groups attached to an aromatic ring is 1. The Labute approximate surface area is 117 Å². The van der Waals surface area contributed by atoms with Gasteiger partial charge >= 0.3 is 0 Å². The Bertz CT molecular complexity index is 575. The van der Waals surface area contributed by atoms with Crippen molar-refractivity contribution in [3.8, 4) is 11.5 Å². The van der Waals surface area contributed by atoms with Crippen molar-refractivity contribution < 1.29 is 9.47 Å². The lowest BCUT2D eigenvalue weighted by Gasteiger charge is -2.12. The molecule has 0 aliphatic rings. The number of ether oxygens (including phenoxy) is 2. The number of nitrogens with zero attached hydrogens (tertiary/aromatic N) is 1. The summed E-state index contributed by atoms with van der Waals surface area (Å²) in [7, 11) is 3.26. The molecule has 4 N–H and O–H groups in total. The summed E-state index contributed by atoms with van der Waals surface area (Å²) in [4.78, 5) is 4.28. The highest BCUT2D eigenvalue weighted by Crippen LogP contribution is 2.25. The van der Waals surface area contributed by atoms with Gasteiger partial charge in [-0.1, -0.05) is 6.07 Å². The lowest BCUT2D eigenvalue weighted by atomic mass is 10.2. The minimum absolute atomic E-state index is 0.591. The number of methoxy groups -OCH3 is 2. The Hall–Kier alpha value is -2.47. The number of anilines is 2. The molecule has 6 nitrogen and oxygen atoms in total. The molecule has 0 saturated heterocycles. The van der Waals surface area contributed by atoms with Gasteiger partial charge in [0.1, 0.15) is 23.1 Å². The van der Waals surface area contributed by atoms with Crippen LogP contribution < -0.4 is 26.1 Å². The molecule has 1 aromatic heterocycles. The molecule has 0 saturated carbocycles. The van der Waals surface area contributed by atoms with Gasteiger partial charge in [-0.2, -0.15) is 0 Å². The first-order valence-corrected chi connectivity index (χ1v) is 6.15. The van der Waals surface area contributed by atoms with Crippen LogP contribution in [-0.2, 0) is 6.54 Å². The topological polar surface area (TPSA) is 81.4 Å². The molecule has 0 unspecified atom stereocenters. The third-order valence-electron chi connectivity index (χ3n) is 2.85. The van der Waals surface area contributed by atoms with Crippen LogP contribution in [0.25, 0.3) is 0 Å². The van der Waals surface area contributed by atoms with E-state index in [4.69, 9.17) is 15.3 Å². The van der Waals surface area contributed by atoms with Gasteiger partial charge in [-0.25, -0.2) is 10.8 Å². The van der Waals surface area contributed by atoms with Gasteiger partial charge in [-0.05, 0) is 24.3 Å². The first-order chi connectivity index (χ1) is 9.76. The van der Waals surface area contributed by atoms with E-state index in [2.05, 4.69) is 15.7 Å². The summed E-state index contributed by atoms with van der Waals surface area (Å²) >= 11 is 0. The molecule has 1 heterocycles. The molecule has 106 valence electrons. The Morgan fingerprint density at radius 1 is 1.10 bits per heavy atom. The van der Waals surface area contributed by atoms with E-state index in [0.717, 1.165) is 22.9 Å². The Balaban J connectivity index is 2.10. The molecule has 20 heavy (non-hydrogen) atoms. The fraction of sp³-hybridized carbons (Fsp3) is 0.214. The zero-order chi connectivity index (χ0) is 14.4. The summed E-state index contributed by atoms with van der Waals surface area (Å²) in [5, 5.41) is 3.22. The molecule has 0 aliphatic heterocycles. The second kappa shape index (κ2) is 6.63. The maximum Gasteiger partial charge on any atom is 0.142 e. The second-order valence-corrected chi connectivity index (χ2v) is 4.08. The Kier molecular flexibility index (Phi) is 4.62. The average Bonchev–Trinajstić information content (AvgIpc) is 2.52. The summed E-state index contributed by atoms with van der Waals surface area (Å²) < 4.78 is 10.5. The van der Waals surface area contributed by atoms with Crippen LogP contribution >= 0.6 is 0 Å². The van der Waals surface area contributed by atoms with Crippen molar-refractivity contribution in [2.75, 3.05) is 25.0 Å². The van der Waals surface area contributed by atoms with E-state index >= 15 is 0 Å². The summed E-state index contributed by atoms with van der Waals surface area (Å²) in [6.45, 7) is 0.591. The van der Waals surface area contributed by atoms with Crippen LogP contribution in [0.4, 0.5) is 11.6 Å². The first-order valence-electron chi connectivity index (χ1n) is 6.15. The quantitative estimate of drug-likeness (QED) is 0.552. The van der Waals surface area contributed by atoms with E-state index in [1.54, 1.807) is 20.3 Å². The van der Waals surface area contributed by atoms with Crippen molar-refractivity contribution in [2.45, 2.75) is 6.54 Å². The van der Waals surface area contributed by atoms with Crippen molar-refractivity contribution in [1.29, 1.82) is 0 Å². The number of pyridine rings is 1. The molecule has 1 aromatic carbocycles. The smallest absolute Gasteiger partial charge is 0.142 e. The number of nitrogens with one attached hydrogen (secondary N) is 2. The summed E-state index contributed by atoms with van der Waals surface area (Å²) in [6.07, 6.45) is 0. The zero-order valence-electron chi connectivity index (χ0n) is 11.5. The minimum Gasteiger partial charge on any atom is -0.497 e. The molecule has 0 fully saturated rings. The second-order valence-electron chi connectivity index (χ2n) is 4.08. The van der Waals surface area contributed by atoms with Crippen molar-refractivity contribution in [3.05, 3.63) is 42.0 Å². The SMILES string of the molecule is COc1ccc(CNc2cccc(NN)n2)c(OC)c1. The van der Waals surface area contributed by atoms with E-state index in [1.807, 2.05) is 30.3 Å². The predicted octanol–water partition coefficient (Wildman–Crippen LogP) is 2.00. The molecular formula is C14H18N4O2. The van der Waals surface area contributed by atoms with Crippen molar-refractivity contribution in [1.82, 2.24) is 4.98 Å². The van der Waals surface area contributed by atoms with Gasteiger partial charge in [-0.3, -0.25) is 0 Å². The number of hydrazine groups is 1. The number of hydrogen-bond acceptors (Lipinski definition) is 6. The highest BCUT2D eigenvalue weighted by molar-refractivity contribution is 5.47. The maximum atomic E-state index is 5.35. The van der Waals surface area contributed by atoms with Gasteiger partial charge in [-0.15, -0.1) is 0 Å². The van der Waals surface area contributed by atoms with Gasteiger partial charge in [0.15, 0.2) is 0 Å². The van der Waals surface area contributed by atoms with Crippen LogP contribution in [0.5, 0.6) is 11.5 Å². The van der Waals surface area contributed by atoms with Crippen LogP contribution in [0.1, 0.15) is 5.56 Å². The largest absolute Gasteiger partial charge is 0.497 e. The normalized spacial score (nSPS) is 9.95. The van der Waals surface area contributed by atoms with E-state index in [0.29, 0.717) is 12.4 Å². The van der Waals surface area contributed by atoms with Gasteiger partial charge in [0.2, 0.25) is 0 Å². The van der Waals surface area contributed by atoms with E-state index in [1.165, 1.54) is 0 Å². The molecule has 2 rings (SSSR count). The average molecular weight is 274 g/mol. The molecule has 0 atom stereocenters. The van der Waals surface area contributed by atoms with Gasteiger partial charge < -0.3 is 20.2 Å². The van der Waals surface area contributed by atoms with Crippen LogP contribution in [0.2, 0.25) is 0 Å². The van der Waals surface area contributed by atoms with Gasteiger partial charge in [0.25, 0.3) is 0 Å². The molecule has 6 heteroatoms. The number of hydrogen-bond donors (Lipinski definition) is 3. The maximum absolute atomic E-state index is 5.35. The lowest BCUT2D eigenvalue weighted by Crippen LogP contribution is -2.10. The van der Waals surface area contributed by atoms with Gasteiger partial charge in [0, 0.05) is 18.2 Å². The standard InChI is InChI=1S/C14H18N4O2/c1-19-11-7-6-10(12(8-11)20-2)9-16-13-4-3-5-14(17-13)18-15/h3-8H,9,15H2,1-2H3,(H2,16,17,18). The Morgan fingerprint density at radius 2 is 1.90 bits per heavy atom. The number of nitrogens with two attached hydrogens (primary N) is 1. The minimum atomic E-state index is 0.591. The van der Waals surface area contributed by atoms with Crippen LogP contribution in [0.3, 0.4) is 0 Å². The van der Waals surface area contributed by atoms with Crippen molar-refractivity contribution in [3.63, 3.8) is 0 Å². The predicted molar refractivity (Wildman–Crippen MR) is 78.9 cm³/mol. The van der Waals surface area contributed by atoms with E-state index in [9.17, 15) is 0 Å². The van der Waals surface area contributed by atoms with Crippen LogP contribution in [0, 0.1) is 0 Å². The molecule has 0 radical (unpaired) electrons. The van der Waals surface area contributed by atoms with E-state index < -0.39 is 0 Å². The Morgan fingerprint density at radius 3 is 2.60 bits per heavy atom. The van der Waals surface area contributed by atoms with Gasteiger partial charge in [0.05, 0.1) is 14.2 Å². The zero-order valence-corrected chi connectivity index (χ0v) is 11.5. The third-order valence-corrected chi connectivity index (χ3v) is 2.85. The molecule has 2 aromatic rings. The number of aromatic nitrogens is 1. The number of benzene rings is 1. The molecule has 0 bridgehead atoms. The highest BCUT2D eigenvalue weighted by Gasteiger charge is 2.05. The highest BCUT2D eigenvalue weighted by atomic mass is 16.5. The van der Waals surface area contributed by atoms with Crippen LogP contribution in [-0.4, -0.2) is 19.2 Å². The lowest BCUT2D eigenvalue weighted by molar-refractivity contribution is 0.391. The fourth-order valence-corrected chi connectivity index (χ4v) is 1.80. The van der Waals surface area contributed by atoms with Crippen molar-refractivity contribution in [2.24, 2.45) is 5.84 Å². The number of rotatable bonds is 6. The molecule has 0 amide bonds.